The van der Waals surface area contributed by atoms with E-state index in [1.807, 2.05) is 32.9 Å². The van der Waals surface area contributed by atoms with E-state index in [1.54, 1.807) is 0 Å². The molecule has 0 aliphatic carbocycles. The van der Waals surface area contributed by atoms with Crippen molar-refractivity contribution in [2.45, 2.75) is 66.9 Å². The Morgan fingerprint density at radius 1 is 1.05 bits per heavy atom. The zero-order valence-corrected chi connectivity index (χ0v) is 13.5. The van der Waals surface area contributed by atoms with Crippen molar-refractivity contribution in [3.05, 3.63) is 0 Å². The van der Waals surface area contributed by atoms with E-state index in [4.69, 9.17) is 15.3 Å². The van der Waals surface area contributed by atoms with Gasteiger partial charge in [0.1, 0.15) is 6.10 Å². The van der Waals surface area contributed by atoms with Gasteiger partial charge < -0.3 is 4.74 Å². The number of nitriles is 2. The van der Waals surface area contributed by atoms with Crippen LogP contribution in [0, 0.1) is 39.4 Å². The Labute approximate surface area is 122 Å². The maximum Gasteiger partial charge on any atom is 0.309 e. The summed E-state index contributed by atoms with van der Waals surface area (Å²) < 4.78 is 5.38. The number of hydrogen-bond acceptors (Lipinski definition) is 4. The molecule has 4 nitrogen and oxygen atoms in total. The molecule has 0 saturated heterocycles. The zero-order chi connectivity index (χ0) is 16.0. The van der Waals surface area contributed by atoms with E-state index in [1.165, 1.54) is 0 Å². The fraction of sp³-hybridized carbons (Fsp3) is 0.812. The normalized spacial score (nSPS) is 13.4. The van der Waals surface area contributed by atoms with E-state index >= 15 is 0 Å². The van der Waals surface area contributed by atoms with E-state index in [9.17, 15) is 4.79 Å². The number of hydrogen-bond donors (Lipinski definition) is 0. The minimum atomic E-state index is -0.623. The van der Waals surface area contributed by atoms with Crippen molar-refractivity contribution in [1.82, 2.24) is 0 Å². The standard InChI is InChI=1S/C16H26N2O2/c1-15(2,3)11-13(16(4,5)6)14(19)20-12(7-9-17)8-10-18/h12-13H,7-8,11H2,1-6H3. The van der Waals surface area contributed by atoms with Gasteiger partial charge >= 0.3 is 5.97 Å². The SMILES string of the molecule is CC(C)(C)CC(C(=O)OC(CC#N)CC#N)C(C)(C)C. The number of ether oxygens (including phenoxy) is 1. The maximum absolute atomic E-state index is 12.4. The lowest BCUT2D eigenvalue weighted by Crippen LogP contribution is -2.35. The second-order valence-electron chi connectivity index (χ2n) is 7.47. The van der Waals surface area contributed by atoms with Gasteiger partial charge in [-0.2, -0.15) is 10.5 Å². The molecule has 1 atom stereocenters. The summed E-state index contributed by atoms with van der Waals surface area (Å²) in [5.74, 6) is -0.551. The molecular formula is C16H26N2O2. The number of carbonyl (C=O) groups excluding carboxylic acids is 1. The van der Waals surface area contributed by atoms with Crippen LogP contribution >= 0.6 is 0 Å². The van der Waals surface area contributed by atoms with Crippen LogP contribution in [0.15, 0.2) is 0 Å². The smallest absolute Gasteiger partial charge is 0.309 e. The summed E-state index contributed by atoms with van der Waals surface area (Å²) in [7, 11) is 0. The Morgan fingerprint density at radius 2 is 1.50 bits per heavy atom. The predicted octanol–water partition coefficient (Wildman–Crippen LogP) is 3.82. The predicted molar refractivity (Wildman–Crippen MR) is 77.4 cm³/mol. The van der Waals surface area contributed by atoms with Crippen LogP contribution in [0.25, 0.3) is 0 Å². The average molecular weight is 278 g/mol. The molecule has 0 aliphatic heterocycles. The highest BCUT2D eigenvalue weighted by Gasteiger charge is 2.36. The Hall–Kier alpha value is -1.55. The second-order valence-corrected chi connectivity index (χ2v) is 7.47. The molecule has 1 unspecified atom stereocenters. The molecule has 0 aromatic rings. The van der Waals surface area contributed by atoms with E-state index in [2.05, 4.69) is 20.8 Å². The molecule has 0 heterocycles. The van der Waals surface area contributed by atoms with Gasteiger partial charge in [-0.15, -0.1) is 0 Å². The van der Waals surface area contributed by atoms with Crippen LogP contribution in [0.2, 0.25) is 0 Å². The topological polar surface area (TPSA) is 73.9 Å². The summed E-state index contributed by atoms with van der Waals surface area (Å²) >= 11 is 0. The molecule has 4 heteroatoms. The van der Waals surface area contributed by atoms with Gasteiger partial charge in [0.25, 0.3) is 0 Å². The van der Waals surface area contributed by atoms with Crippen LogP contribution in [0.3, 0.4) is 0 Å². The molecule has 0 bridgehead atoms. The van der Waals surface area contributed by atoms with E-state index in [0.717, 1.165) is 0 Å². The molecule has 0 rings (SSSR count). The van der Waals surface area contributed by atoms with Crippen LogP contribution in [0.5, 0.6) is 0 Å². The van der Waals surface area contributed by atoms with Crippen molar-refractivity contribution in [3.8, 4) is 12.1 Å². The highest BCUT2D eigenvalue weighted by molar-refractivity contribution is 5.73. The monoisotopic (exact) mass is 278 g/mol. The fourth-order valence-electron chi connectivity index (χ4n) is 1.96. The number of esters is 1. The van der Waals surface area contributed by atoms with Crippen LogP contribution < -0.4 is 0 Å². The molecule has 0 N–H and O–H groups in total. The third-order valence-electron chi connectivity index (χ3n) is 3.07. The largest absolute Gasteiger partial charge is 0.460 e. The molecule has 0 aromatic heterocycles. The molecule has 0 spiro atoms. The molecule has 0 amide bonds. The quantitative estimate of drug-likeness (QED) is 0.716. The molecule has 0 aromatic carbocycles. The highest BCUT2D eigenvalue weighted by Crippen LogP contribution is 2.37. The molecule has 0 fully saturated rings. The van der Waals surface area contributed by atoms with E-state index < -0.39 is 6.10 Å². The van der Waals surface area contributed by atoms with Gasteiger partial charge in [0.05, 0.1) is 30.9 Å². The van der Waals surface area contributed by atoms with Gasteiger partial charge in [-0.3, -0.25) is 4.79 Å². The van der Waals surface area contributed by atoms with E-state index in [-0.39, 0.29) is 35.6 Å². The van der Waals surface area contributed by atoms with Crippen LogP contribution in [-0.4, -0.2) is 12.1 Å². The third-order valence-corrected chi connectivity index (χ3v) is 3.07. The summed E-state index contributed by atoms with van der Waals surface area (Å²) in [6.45, 7) is 12.3. The lowest BCUT2D eigenvalue weighted by molar-refractivity contribution is -0.159. The lowest BCUT2D eigenvalue weighted by atomic mass is 9.72. The van der Waals surface area contributed by atoms with Crippen molar-refractivity contribution in [1.29, 1.82) is 10.5 Å². The maximum atomic E-state index is 12.4. The summed E-state index contributed by atoms with van der Waals surface area (Å²) in [6, 6.07) is 3.91. The number of carbonyl (C=O) groups is 1. The summed E-state index contributed by atoms with van der Waals surface area (Å²) in [6.07, 6.45) is 0.209. The van der Waals surface area contributed by atoms with Gasteiger partial charge in [0, 0.05) is 0 Å². The fourth-order valence-corrected chi connectivity index (χ4v) is 1.96. The van der Waals surface area contributed by atoms with Crippen molar-refractivity contribution in [2.24, 2.45) is 16.7 Å². The zero-order valence-electron chi connectivity index (χ0n) is 13.5. The molecular weight excluding hydrogens is 252 g/mol. The Bertz CT molecular complexity index is 386. The third kappa shape index (κ3) is 7.14. The Morgan fingerprint density at radius 3 is 1.80 bits per heavy atom. The van der Waals surface area contributed by atoms with Crippen molar-refractivity contribution in [3.63, 3.8) is 0 Å². The number of rotatable bonds is 5. The number of nitrogens with zero attached hydrogens (tertiary/aromatic N) is 2. The summed E-state index contributed by atoms with van der Waals surface area (Å²) in [5, 5.41) is 17.4. The summed E-state index contributed by atoms with van der Waals surface area (Å²) in [5.41, 5.74) is -0.203. The Kier molecular flexibility index (Phi) is 6.73. The lowest BCUT2D eigenvalue weighted by Gasteiger charge is -2.34. The van der Waals surface area contributed by atoms with Gasteiger partial charge in [0.2, 0.25) is 0 Å². The highest BCUT2D eigenvalue weighted by atomic mass is 16.5. The minimum absolute atomic E-state index is 0.0108. The molecule has 0 radical (unpaired) electrons. The average Bonchev–Trinajstić information content (AvgIpc) is 2.23. The van der Waals surface area contributed by atoms with Gasteiger partial charge in [-0.05, 0) is 17.3 Å². The van der Waals surface area contributed by atoms with Crippen molar-refractivity contribution < 1.29 is 9.53 Å². The van der Waals surface area contributed by atoms with E-state index in [0.29, 0.717) is 6.42 Å². The molecule has 0 aliphatic rings. The van der Waals surface area contributed by atoms with Crippen molar-refractivity contribution >= 4 is 5.97 Å². The first kappa shape index (κ1) is 18.4. The molecule has 0 saturated carbocycles. The van der Waals surface area contributed by atoms with Gasteiger partial charge in [0.15, 0.2) is 0 Å². The molecule has 112 valence electrons. The second kappa shape index (κ2) is 7.29. The minimum Gasteiger partial charge on any atom is -0.460 e. The van der Waals surface area contributed by atoms with Crippen molar-refractivity contribution in [2.75, 3.05) is 0 Å². The first-order valence-electron chi connectivity index (χ1n) is 6.95. The van der Waals surface area contributed by atoms with Crippen LogP contribution in [0.1, 0.15) is 60.8 Å². The molecule has 20 heavy (non-hydrogen) atoms. The first-order valence-corrected chi connectivity index (χ1v) is 6.95. The summed E-state index contributed by atoms with van der Waals surface area (Å²) in [4.78, 5) is 12.4. The van der Waals surface area contributed by atoms with Crippen LogP contribution in [-0.2, 0) is 9.53 Å². The van der Waals surface area contributed by atoms with Gasteiger partial charge in [-0.1, -0.05) is 41.5 Å². The van der Waals surface area contributed by atoms with Gasteiger partial charge in [-0.25, -0.2) is 0 Å². The van der Waals surface area contributed by atoms with Crippen LogP contribution in [0.4, 0.5) is 0 Å². The Balaban J connectivity index is 4.97. The first-order chi connectivity index (χ1) is 9.01.